The minimum absolute atomic E-state index is 0.101. The van der Waals surface area contributed by atoms with Gasteiger partial charge in [0.05, 0.1) is 12.8 Å². The van der Waals surface area contributed by atoms with Gasteiger partial charge in [-0.2, -0.15) is 0 Å². The van der Waals surface area contributed by atoms with Gasteiger partial charge >= 0.3 is 0 Å². The average Bonchev–Trinajstić information content (AvgIpc) is 3.00. The second kappa shape index (κ2) is 7.21. The molecule has 0 saturated carbocycles. The molecule has 0 unspecified atom stereocenters. The van der Waals surface area contributed by atoms with Gasteiger partial charge < -0.3 is 15.0 Å². The van der Waals surface area contributed by atoms with Crippen molar-refractivity contribution in [1.29, 1.82) is 0 Å². The van der Waals surface area contributed by atoms with E-state index in [1.54, 1.807) is 30.2 Å². The molecule has 0 spiro atoms. The fourth-order valence-corrected chi connectivity index (χ4v) is 3.26. The van der Waals surface area contributed by atoms with Crippen LogP contribution in [-0.4, -0.2) is 25.5 Å². The van der Waals surface area contributed by atoms with E-state index in [0.29, 0.717) is 30.0 Å². The minimum atomic E-state index is -0.180. The maximum absolute atomic E-state index is 12.3. The molecule has 2 aromatic carbocycles. The highest BCUT2D eigenvalue weighted by atomic mass is 127. The van der Waals surface area contributed by atoms with Crippen molar-refractivity contribution in [3.05, 3.63) is 51.6 Å². The van der Waals surface area contributed by atoms with E-state index in [2.05, 4.69) is 27.9 Å². The van der Waals surface area contributed by atoms with E-state index in [1.165, 1.54) is 0 Å². The number of nitrogens with zero attached hydrogens (tertiary/aromatic N) is 1. The summed E-state index contributed by atoms with van der Waals surface area (Å²) in [5.74, 6) is 0.496. The Bertz CT molecular complexity index is 792. The lowest BCUT2D eigenvalue weighted by atomic mass is 10.2. The van der Waals surface area contributed by atoms with Crippen molar-refractivity contribution < 1.29 is 14.3 Å². The molecular weight excluding hydrogens is 419 g/mol. The standard InChI is InChI=1S/C18H17IN2O3/c1-24-16-11-14(7-8-15(16)21-9-3-6-17(21)22)20-18(23)12-4-2-5-13(19)10-12/h2,4-5,7-8,10-11H,3,6,9H2,1H3,(H,20,23). The van der Waals surface area contributed by atoms with Gasteiger partial charge in [-0.25, -0.2) is 0 Å². The normalized spacial score (nSPS) is 13.9. The van der Waals surface area contributed by atoms with E-state index in [0.717, 1.165) is 15.7 Å². The Balaban J connectivity index is 1.82. The minimum Gasteiger partial charge on any atom is -0.494 e. The molecule has 0 aromatic heterocycles. The fourth-order valence-electron chi connectivity index (χ4n) is 2.71. The molecule has 1 aliphatic heterocycles. The first kappa shape index (κ1) is 16.8. The first-order valence-corrected chi connectivity index (χ1v) is 8.71. The summed E-state index contributed by atoms with van der Waals surface area (Å²) in [6.07, 6.45) is 1.42. The maximum Gasteiger partial charge on any atom is 0.255 e. The van der Waals surface area contributed by atoms with Crippen LogP contribution in [0.3, 0.4) is 0 Å². The molecule has 2 amide bonds. The van der Waals surface area contributed by atoms with Crippen LogP contribution < -0.4 is 15.0 Å². The fraction of sp³-hybridized carbons (Fsp3) is 0.222. The molecule has 3 rings (SSSR count). The van der Waals surface area contributed by atoms with Gasteiger partial charge in [0.15, 0.2) is 0 Å². The Morgan fingerprint density at radius 3 is 2.75 bits per heavy atom. The molecule has 1 fully saturated rings. The number of amides is 2. The Morgan fingerprint density at radius 2 is 2.08 bits per heavy atom. The topological polar surface area (TPSA) is 58.6 Å². The van der Waals surface area contributed by atoms with Crippen LogP contribution in [0.4, 0.5) is 11.4 Å². The molecule has 0 atom stereocenters. The van der Waals surface area contributed by atoms with Crippen LogP contribution in [0.25, 0.3) is 0 Å². The zero-order chi connectivity index (χ0) is 17.1. The summed E-state index contributed by atoms with van der Waals surface area (Å²) >= 11 is 2.17. The molecule has 5 nitrogen and oxygen atoms in total. The smallest absolute Gasteiger partial charge is 0.255 e. The van der Waals surface area contributed by atoms with Gasteiger partial charge in [-0.05, 0) is 59.3 Å². The van der Waals surface area contributed by atoms with Gasteiger partial charge in [0, 0.05) is 33.9 Å². The van der Waals surface area contributed by atoms with Gasteiger partial charge in [0.1, 0.15) is 5.75 Å². The van der Waals surface area contributed by atoms with Crippen LogP contribution in [0.2, 0.25) is 0 Å². The zero-order valence-corrected chi connectivity index (χ0v) is 15.4. The lowest BCUT2D eigenvalue weighted by Gasteiger charge is -2.19. The number of rotatable bonds is 4. The third kappa shape index (κ3) is 3.53. The maximum atomic E-state index is 12.3. The number of hydrogen-bond acceptors (Lipinski definition) is 3. The number of ether oxygens (including phenoxy) is 1. The van der Waals surface area contributed by atoms with E-state index in [9.17, 15) is 9.59 Å². The van der Waals surface area contributed by atoms with Crippen molar-refractivity contribution in [2.45, 2.75) is 12.8 Å². The second-order valence-corrected chi connectivity index (χ2v) is 6.75. The van der Waals surface area contributed by atoms with Crippen LogP contribution in [0.1, 0.15) is 23.2 Å². The highest BCUT2D eigenvalue weighted by Crippen LogP contribution is 2.33. The van der Waals surface area contributed by atoms with Crippen LogP contribution in [0.15, 0.2) is 42.5 Å². The molecule has 1 N–H and O–H groups in total. The van der Waals surface area contributed by atoms with E-state index in [-0.39, 0.29) is 11.8 Å². The summed E-state index contributed by atoms with van der Waals surface area (Å²) in [6.45, 7) is 0.698. The lowest BCUT2D eigenvalue weighted by molar-refractivity contribution is -0.117. The molecular formula is C18H17IN2O3. The van der Waals surface area contributed by atoms with E-state index in [1.807, 2.05) is 24.3 Å². The molecule has 1 heterocycles. The van der Waals surface area contributed by atoms with Crippen LogP contribution in [0.5, 0.6) is 5.75 Å². The van der Waals surface area contributed by atoms with Crippen molar-refractivity contribution in [3.63, 3.8) is 0 Å². The summed E-state index contributed by atoms with van der Waals surface area (Å²) in [5.41, 5.74) is 1.97. The molecule has 2 aromatic rings. The quantitative estimate of drug-likeness (QED) is 0.745. The number of anilines is 2. The Morgan fingerprint density at radius 1 is 1.25 bits per heavy atom. The first-order valence-electron chi connectivity index (χ1n) is 7.64. The summed E-state index contributed by atoms with van der Waals surface area (Å²) in [4.78, 5) is 26.0. The van der Waals surface area contributed by atoms with Crippen molar-refractivity contribution in [2.24, 2.45) is 0 Å². The van der Waals surface area contributed by atoms with Crippen molar-refractivity contribution in [3.8, 4) is 5.75 Å². The third-order valence-electron chi connectivity index (χ3n) is 3.89. The Labute approximate surface area is 154 Å². The average molecular weight is 436 g/mol. The number of benzene rings is 2. The largest absolute Gasteiger partial charge is 0.494 e. The molecule has 0 aliphatic carbocycles. The van der Waals surface area contributed by atoms with E-state index < -0.39 is 0 Å². The SMILES string of the molecule is COc1cc(NC(=O)c2cccc(I)c2)ccc1N1CCCC1=O. The number of hydrogen-bond donors (Lipinski definition) is 1. The number of nitrogens with one attached hydrogen (secondary N) is 1. The van der Waals surface area contributed by atoms with Crippen molar-refractivity contribution in [1.82, 2.24) is 0 Å². The molecule has 0 bridgehead atoms. The van der Waals surface area contributed by atoms with Gasteiger partial charge in [0.2, 0.25) is 5.91 Å². The third-order valence-corrected chi connectivity index (χ3v) is 4.56. The second-order valence-electron chi connectivity index (χ2n) is 5.50. The molecule has 6 heteroatoms. The van der Waals surface area contributed by atoms with Gasteiger partial charge in [-0.15, -0.1) is 0 Å². The zero-order valence-electron chi connectivity index (χ0n) is 13.2. The summed E-state index contributed by atoms with van der Waals surface area (Å²) in [6, 6.07) is 12.7. The molecule has 0 radical (unpaired) electrons. The number of halogens is 1. The summed E-state index contributed by atoms with van der Waals surface area (Å²) in [7, 11) is 1.56. The number of methoxy groups -OCH3 is 1. The van der Waals surface area contributed by atoms with E-state index in [4.69, 9.17) is 4.74 Å². The Kier molecular flexibility index (Phi) is 5.03. The van der Waals surface area contributed by atoms with Crippen LogP contribution in [0, 0.1) is 3.57 Å². The van der Waals surface area contributed by atoms with Gasteiger partial charge in [-0.3, -0.25) is 9.59 Å². The number of carbonyl (C=O) groups excluding carboxylic acids is 2. The summed E-state index contributed by atoms with van der Waals surface area (Å²) in [5, 5.41) is 2.86. The summed E-state index contributed by atoms with van der Waals surface area (Å²) < 4.78 is 6.41. The lowest BCUT2D eigenvalue weighted by Crippen LogP contribution is -2.24. The van der Waals surface area contributed by atoms with Crippen LogP contribution >= 0.6 is 22.6 Å². The molecule has 1 aliphatic rings. The van der Waals surface area contributed by atoms with Crippen LogP contribution in [-0.2, 0) is 4.79 Å². The number of carbonyl (C=O) groups is 2. The highest BCUT2D eigenvalue weighted by Gasteiger charge is 2.24. The van der Waals surface area contributed by atoms with Gasteiger partial charge in [-0.1, -0.05) is 6.07 Å². The molecule has 1 saturated heterocycles. The highest BCUT2D eigenvalue weighted by molar-refractivity contribution is 14.1. The predicted molar refractivity (Wildman–Crippen MR) is 102 cm³/mol. The predicted octanol–water partition coefficient (Wildman–Crippen LogP) is 3.68. The van der Waals surface area contributed by atoms with E-state index >= 15 is 0 Å². The first-order chi connectivity index (χ1) is 11.6. The molecule has 24 heavy (non-hydrogen) atoms. The Hall–Kier alpha value is -2.09. The van der Waals surface area contributed by atoms with Gasteiger partial charge in [0.25, 0.3) is 5.91 Å². The van der Waals surface area contributed by atoms with Crippen molar-refractivity contribution >= 4 is 45.8 Å². The molecule has 124 valence electrons. The monoisotopic (exact) mass is 436 g/mol. The van der Waals surface area contributed by atoms with Crippen molar-refractivity contribution in [2.75, 3.05) is 23.9 Å².